The number of carbonyl (C=O) groups excluding carboxylic acids is 1. The molecule has 0 fully saturated rings. The molecule has 0 saturated heterocycles. The zero-order valence-electron chi connectivity index (χ0n) is 10.9. The van der Waals surface area contributed by atoms with Crippen molar-refractivity contribution in [1.82, 2.24) is 0 Å². The Morgan fingerprint density at radius 3 is 2.50 bits per heavy atom. The first kappa shape index (κ1) is 15.2. The second-order valence-electron chi connectivity index (χ2n) is 5.34. The van der Waals surface area contributed by atoms with Crippen LogP contribution in [-0.4, -0.2) is 38.0 Å². The van der Waals surface area contributed by atoms with Crippen molar-refractivity contribution in [3.05, 3.63) is 36.1 Å². The zero-order valence-corrected chi connectivity index (χ0v) is 13.1. The minimum absolute atomic E-state index is 0. The first-order valence-electron chi connectivity index (χ1n) is 5.78. The number of benzene rings is 1. The summed E-state index contributed by atoms with van der Waals surface area (Å²) < 4.78 is 6.32. The molecule has 0 amide bonds. The van der Waals surface area contributed by atoms with Crippen molar-refractivity contribution in [3.63, 3.8) is 0 Å². The number of halogens is 1. The minimum Gasteiger partial charge on any atom is -1.00 e. The van der Waals surface area contributed by atoms with Crippen molar-refractivity contribution >= 4 is 16.8 Å². The molecule has 0 aliphatic heterocycles. The lowest BCUT2D eigenvalue weighted by molar-refractivity contribution is -0.869. The molecule has 1 aromatic heterocycles. The van der Waals surface area contributed by atoms with Crippen LogP contribution in [0, 0.1) is 0 Å². The molecule has 18 heavy (non-hydrogen) atoms. The first-order valence-corrected chi connectivity index (χ1v) is 5.78. The smallest absolute Gasteiger partial charge is 0.203 e. The van der Waals surface area contributed by atoms with Crippen LogP contribution in [0.5, 0.6) is 0 Å². The third-order valence-corrected chi connectivity index (χ3v) is 2.71. The Morgan fingerprint density at radius 2 is 1.89 bits per heavy atom. The lowest BCUT2D eigenvalue weighted by Gasteiger charge is -2.22. The van der Waals surface area contributed by atoms with Gasteiger partial charge in [-0.25, -0.2) is 0 Å². The van der Waals surface area contributed by atoms with Crippen LogP contribution in [0.1, 0.15) is 17.0 Å². The molecular formula is C14H18INO2. The average molecular weight is 359 g/mol. The Labute approximate surface area is 124 Å². The summed E-state index contributed by atoms with van der Waals surface area (Å²) >= 11 is 0. The number of furan rings is 1. The molecule has 4 heteroatoms. The SMILES string of the molecule is C[N+](C)(C)CCC(=O)c1cc2ccccc2o1.[I-]. The van der Waals surface area contributed by atoms with E-state index in [-0.39, 0.29) is 29.8 Å². The van der Waals surface area contributed by atoms with Gasteiger partial charge in [-0.1, -0.05) is 18.2 Å². The molecule has 2 aromatic rings. The number of hydrogen-bond donors (Lipinski definition) is 0. The van der Waals surface area contributed by atoms with E-state index in [0.717, 1.165) is 22.0 Å². The van der Waals surface area contributed by atoms with Crippen molar-refractivity contribution in [2.75, 3.05) is 27.7 Å². The fraction of sp³-hybridized carbons (Fsp3) is 0.357. The topological polar surface area (TPSA) is 30.2 Å². The summed E-state index contributed by atoms with van der Waals surface area (Å²) in [5.74, 6) is 0.550. The fourth-order valence-electron chi connectivity index (χ4n) is 1.68. The molecule has 0 spiro atoms. The van der Waals surface area contributed by atoms with Crippen LogP contribution < -0.4 is 24.0 Å². The normalized spacial score (nSPS) is 11.3. The number of ketones is 1. The van der Waals surface area contributed by atoms with E-state index >= 15 is 0 Å². The van der Waals surface area contributed by atoms with Gasteiger partial charge in [-0.15, -0.1) is 0 Å². The van der Waals surface area contributed by atoms with Gasteiger partial charge in [0.25, 0.3) is 0 Å². The van der Waals surface area contributed by atoms with Gasteiger partial charge in [-0.2, -0.15) is 0 Å². The molecule has 1 heterocycles. The number of hydrogen-bond acceptors (Lipinski definition) is 2. The number of nitrogens with zero attached hydrogens (tertiary/aromatic N) is 1. The van der Waals surface area contributed by atoms with Crippen LogP contribution in [0.3, 0.4) is 0 Å². The number of para-hydroxylation sites is 1. The summed E-state index contributed by atoms with van der Waals surface area (Å²) in [7, 11) is 6.23. The van der Waals surface area contributed by atoms with E-state index in [4.69, 9.17) is 4.42 Å². The molecule has 3 nitrogen and oxygen atoms in total. The van der Waals surface area contributed by atoms with Crippen molar-refractivity contribution in [2.24, 2.45) is 0 Å². The van der Waals surface area contributed by atoms with E-state index < -0.39 is 0 Å². The third kappa shape index (κ3) is 3.81. The molecule has 0 aliphatic carbocycles. The first-order chi connectivity index (χ1) is 7.96. The van der Waals surface area contributed by atoms with Crippen molar-refractivity contribution < 1.29 is 37.7 Å². The Balaban J connectivity index is 0.00000162. The largest absolute Gasteiger partial charge is 1.00 e. The quantitative estimate of drug-likeness (QED) is 0.427. The predicted molar refractivity (Wildman–Crippen MR) is 68.1 cm³/mol. The van der Waals surface area contributed by atoms with Gasteiger partial charge >= 0.3 is 0 Å². The Hall–Kier alpha value is -0.880. The maximum Gasteiger partial charge on any atom is 0.203 e. The molecule has 0 atom stereocenters. The van der Waals surface area contributed by atoms with Gasteiger partial charge in [-0.05, 0) is 12.1 Å². The molecular weight excluding hydrogens is 341 g/mol. The van der Waals surface area contributed by atoms with Gasteiger partial charge in [0, 0.05) is 5.39 Å². The van der Waals surface area contributed by atoms with Gasteiger partial charge in [0.2, 0.25) is 5.78 Å². The van der Waals surface area contributed by atoms with E-state index in [1.54, 1.807) is 0 Å². The molecule has 1 aromatic carbocycles. The van der Waals surface area contributed by atoms with Gasteiger partial charge in [-0.3, -0.25) is 4.79 Å². The molecule has 0 N–H and O–H groups in total. The number of fused-ring (bicyclic) bond motifs is 1. The van der Waals surface area contributed by atoms with Gasteiger partial charge in [0.1, 0.15) is 5.58 Å². The van der Waals surface area contributed by atoms with E-state index in [2.05, 4.69) is 21.1 Å². The lowest BCUT2D eigenvalue weighted by atomic mass is 10.2. The summed E-state index contributed by atoms with van der Waals surface area (Å²) in [6.45, 7) is 0.815. The summed E-state index contributed by atoms with van der Waals surface area (Å²) in [5.41, 5.74) is 0.779. The second kappa shape index (κ2) is 5.84. The predicted octanol–water partition coefficient (Wildman–Crippen LogP) is -0.284. The number of carbonyl (C=O) groups is 1. The van der Waals surface area contributed by atoms with Crippen LogP contribution in [0.25, 0.3) is 11.0 Å². The van der Waals surface area contributed by atoms with Crippen molar-refractivity contribution in [3.8, 4) is 0 Å². The van der Waals surface area contributed by atoms with Crippen LogP contribution in [0.15, 0.2) is 34.7 Å². The molecule has 0 unspecified atom stereocenters. The highest BCUT2D eigenvalue weighted by atomic mass is 127. The highest BCUT2D eigenvalue weighted by Gasteiger charge is 2.16. The highest BCUT2D eigenvalue weighted by Crippen LogP contribution is 2.19. The summed E-state index contributed by atoms with van der Waals surface area (Å²) in [4.78, 5) is 12.0. The molecule has 2 rings (SSSR count). The fourth-order valence-corrected chi connectivity index (χ4v) is 1.68. The van der Waals surface area contributed by atoms with Gasteiger partial charge in [0.05, 0.1) is 34.1 Å². The average Bonchev–Trinajstić information content (AvgIpc) is 2.68. The zero-order chi connectivity index (χ0) is 12.5. The standard InChI is InChI=1S/C14H18NO2.HI/c1-15(2,3)9-8-12(16)14-10-11-6-4-5-7-13(11)17-14;/h4-7,10H,8-9H2,1-3H3;1H/q+1;/p-1. The van der Waals surface area contributed by atoms with Crippen molar-refractivity contribution in [2.45, 2.75) is 6.42 Å². The Bertz CT molecular complexity index is 507. The van der Waals surface area contributed by atoms with E-state index in [9.17, 15) is 4.79 Å². The van der Waals surface area contributed by atoms with E-state index in [1.807, 2.05) is 30.3 Å². The maximum atomic E-state index is 12.0. The van der Waals surface area contributed by atoms with Gasteiger partial charge in [0.15, 0.2) is 5.76 Å². The van der Waals surface area contributed by atoms with E-state index in [1.165, 1.54) is 0 Å². The van der Waals surface area contributed by atoms with Crippen molar-refractivity contribution in [1.29, 1.82) is 0 Å². The molecule has 0 aliphatic rings. The second-order valence-corrected chi connectivity index (χ2v) is 5.34. The molecule has 0 saturated carbocycles. The van der Waals surface area contributed by atoms with E-state index in [0.29, 0.717) is 12.2 Å². The molecule has 0 radical (unpaired) electrons. The third-order valence-electron chi connectivity index (χ3n) is 2.71. The lowest BCUT2D eigenvalue weighted by Crippen LogP contribution is -3.00. The highest BCUT2D eigenvalue weighted by molar-refractivity contribution is 5.97. The van der Waals surface area contributed by atoms with Crippen LogP contribution in [-0.2, 0) is 0 Å². The van der Waals surface area contributed by atoms with Crippen LogP contribution in [0.4, 0.5) is 0 Å². The monoisotopic (exact) mass is 359 g/mol. The molecule has 98 valence electrons. The Kier molecular flexibility index (Phi) is 4.92. The summed E-state index contributed by atoms with van der Waals surface area (Å²) in [5, 5.41) is 0.987. The number of rotatable bonds is 4. The maximum absolute atomic E-state index is 12.0. The van der Waals surface area contributed by atoms with Gasteiger partial charge < -0.3 is 32.9 Å². The summed E-state index contributed by atoms with van der Waals surface area (Å²) in [6.07, 6.45) is 0.517. The number of Topliss-reactive ketones (excluding diaryl/α,β-unsaturated/α-hetero) is 1. The molecule has 0 bridgehead atoms. The minimum atomic E-state index is 0. The Morgan fingerprint density at radius 1 is 1.22 bits per heavy atom. The van der Waals surface area contributed by atoms with Crippen LogP contribution in [0.2, 0.25) is 0 Å². The summed E-state index contributed by atoms with van der Waals surface area (Å²) in [6, 6.07) is 9.51. The van der Waals surface area contributed by atoms with Crippen LogP contribution >= 0.6 is 0 Å². The number of quaternary nitrogens is 1.